The van der Waals surface area contributed by atoms with Crippen LogP contribution in [0.3, 0.4) is 0 Å². The third-order valence-electron chi connectivity index (χ3n) is 3.58. The van der Waals surface area contributed by atoms with Gasteiger partial charge >= 0.3 is 0 Å². The molecular weight excluding hydrogens is 265 g/mol. The lowest BCUT2D eigenvalue weighted by Crippen LogP contribution is -2.24. The monoisotopic (exact) mass is 287 g/mol. The summed E-state index contributed by atoms with van der Waals surface area (Å²) >= 11 is 0. The predicted octanol–water partition coefficient (Wildman–Crippen LogP) is 4.23. The summed E-state index contributed by atoms with van der Waals surface area (Å²) in [6.45, 7) is 5.00. The maximum Gasteiger partial charge on any atom is 0.123 e. The van der Waals surface area contributed by atoms with E-state index in [0.717, 1.165) is 35.4 Å². The number of benzene rings is 2. The molecule has 1 unspecified atom stereocenters. The van der Waals surface area contributed by atoms with Crippen molar-refractivity contribution in [2.75, 3.05) is 13.7 Å². The summed E-state index contributed by atoms with van der Waals surface area (Å²) in [6.07, 6.45) is 1.02. The average molecular weight is 287 g/mol. The molecule has 2 aromatic rings. The van der Waals surface area contributed by atoms with Gasteiger partial charge in [0.15, 0.2) is 0 Å². The molecule has 0 spiro atoms. The molecule has 0 aromatic heterocycles. The maximum absolute atomic E-state index is 13.6. The topological polar surface area (TPSA) is 21.3 Å². The highest BCUT2D eigenvalue weighted by Gasteiger charge is 2.16. The third kappa shape index (κ3) is 3.82. The van der Waals surface area contributed by atoms with E-state index in [4.69, 9.17) is 4.74 Å². The SMILES string of the molecule is CCCNC(c1cccc(OC)c1)c1cc(F)ccc1C. The molecule has 0 fully saturated rings. The smallest absolute Gasteiger partial charge is 0.123 e. The molecule has 2 rings (SSSR count). The fraction of sp³-hybridized carbons (Fsp3) is 0.333. The zero-order chi connectivity index (χ0) is 15.2. The highest BCUT2D eigenvalue weighted by molar-refractivity contribution is 5.40. The summed E-state index contributed by atoms with van der Waals surface area (Å²) in [5.74, 6) is 0.603. The Morgan fingerprint density at radius 3 is 2.71 bits per heavy atom. The lowest BCUT2D eigenvalue weighted by Gasteiger charge is -2.22. The van der Waals surface area contributed by atoms with Gasteiger partial charge in [0.1, 0.15) is 11.6 Å². The van der Waals surface area contributed by atoms with Crippen molar-refractivity contribution in [3.05, 3.63) is 65.0 Å². The standard InChI is InChI=1S/C18H22FNO/c1-4-10-20-18(14-6-5-7-16(11-14)21-3)17-12-15(19)9-8-13(17)2/h5-9,11-12,18,20H,4,10H2,1-3H3. The fourth-order valence-corrected chi connectivity index (χ4v) is 2.44. The molecule has 0 aliphatic rings. The maximum atomic E-state index is 13.6. The second-order valence-corrected chi connectivity index (χ2v) is 5.16. The minimum atomic E-state index is -0.207. The van der Waals surface area contributed by atoms with Crippen LogP contribution in [0.2, 0.25) is 0 Å². The number of ether oxygens (including phenoxy) is 1. The molecule has 2 aromatic carbocycles. The van der Waals surface area contributed by atoms with Crippen molar-refractivity contribution < 1.29 is 9.13 Å². The molecule has 0 aliphatic carbocycles. The first-order chi connectivity index (χ1) is 10.2. The number of rotatable bonds is 6. The zero-order valence-corrected chi connectivity index (χ0v) is 12.8. The Labute approximate surface area is 126 Å². The zero-order valence-electron chi connectivity index (χ0n) is 12.8. The van der Waals surface area contributed by atoms with Crippen LogP contribution in [0.1, 0.15) is 36.1 Å². The first kappa shape index (κ1) is 15.5. The van der Waals surface area contributed by atoms with E-state index in [1.165, 1.54) is 6.07 Å². The van der Waals surface area contributed by atoms with Crippen LogP contribution in [0.25, 0.3) is 0 Å². The molecule has 0 amide bonds. The summed E-state index contributed by atoms with van der Waals surface area (Å²) in [5, 5.41) is 3.50. The summed E-state index contributed by atoms with van der Waals surface area (Å²) in [5.41, 5.74) is 3.13. The van der Waals surface area contributed by atoms with E-state index in [1.807, 2.05) is 37.3 Å². The van der Waals surface area contributed by atoms with Gasteiger partial charge in [-0.05, 0) is 60.8 Å². The second-order valence-electron chi connectivity index (χ2n) is 5.16. The van der Waals surface area contributed by atoms with E-state index >= 15 is 0 Å². The molecule has 1 atom stereocenters. The number of halogens is 1. The van der Waals surface area contributed by atoms with E-state index in [9.17, 15) is 4.39 Å². The van der Waals surface area contributed by atoms with Crippen LogP contribution in [0, 0.1) is 12.7 Å². The van der Waals surface area contributed by atoms with E-state index in [-0.39, 0.29) is 11.9 Å². The van der Waals surface area contributed by atoms with Crippen molar-refractivity contribution in [2.24, 2.45) is 0 Å². The average Bonchev–Trinajstić information content (AvgIpc) is 2.51. The number of methoxy groups -OCH3 is 1. The van der Waals surface area contributed by atoms with Crippen LogP contribution in [0.4, 0.5) is 4.39 Å². The molecule has 2 nitrogen and oxygen atoms in total. The van der Waals surface area contributed by atoms with Gasteiger partial charge in [-0.1, -0.05) is 25.1 Å². The van der Waals surface area contributed by atoms with Crippen molar-refractivity contribution >= 4 is 0 Å². The van der Waals surface area contributed by atoms with Crippen molar-refractivity contribution in [1.82, 2.24) is 5.32 Å². The molecule has 3 heteroatoms. The lowest BCUT2D eigenvalue weighted by molar-refractivity contribution is 0.413. The summed E-state index contributed by atoms with van der Waals surface area (Å²) in [6, 6.07) is 12.8. The Morgan fingerprint density at radius 1 is 1.19 bits per heavy atom. The number of hydrogen-bond acceptors (Lipinski definition) is 2. The van der Waals surface area contributed by atoms with Gasteiger partial charge in [-0.3, -0.25) is 0 Å². The first-order valence-electron chi connectivity index (χ1n) is 7.29. The van der Waals surface area contributed by atoms with Crippen molar-refractivity contribution in [1.29, 1.82) is 0 Å². The van der Waals surface area contributed by atoms with Gasteiger partial charge in [0.25, 0.3) is 0 Å². The Kier molecular flexibility index (Phi) is 5.34. The molecule has 1 N–H and O–H groups in total. The fourth-order valence-electron chi connectivity index (χ4n) is 2.44. The molecule has 0 radical (unpaired) electrons. The minimum Gasteiger partial charge on any atom is -0.497 e. The Morgan fingerprint density at radius 2 is 2.00 bits per heavy atom. The van der Waals surface area contributed by atoms with Gasteiger partial charge in [0.05, 0.1) is 13.2 Å². The van der Waals surface area contributed by atoms with E-state index in [0.29, 0.717) is 0 Å². The van der Waals surface area contributed by atoms with Gasteiger partial charge < -0.3 is 10.1 Å². The second kappa shape index (κ2) is 7.23. The molecule has 112 valence electrons. The Balaban J connectivity index is 2.44. The van der Waals surface area contributed by atoms with Gasteiger partial charge in [-0.25, -0.2) is 4.39 Å². The van der Waals surface area contributed by atoms with Crippen LogP contribution >= 0.6 is 0 Å². The molecule has 0 heterocycles. The van der Waals surface area contributed by atoms with Crippen molar-refractivity contribution in [3.8, 4) is 5.75 Å². The predicted molar refractivity (Wildman–Crippen MR) is 84.3 cm³/mol. The molecular formula is C18H22FNO. The molecule has 21 heavy (non-hydrogen) atoms. The van der Waals surface area contributed by atoms with Gasteiger partial charge in [-0.2, -0.15) is 0 Å². The minimum absolute atomic E-state index is 0.0317. The van der Waals surface area contributed by atoms with Gasteiger partial charge in [0, 0.05) is 0 Å². The van der Waals surface area contributed by atoms with Crippen LogP contribution in [0.5, 0.6) is 5.75 Å². The Bertz CT molecular complexity index is 598. The Hall–Kier alpha value is -1.87. The van der Waals surface area contributed by atoms with Crippen molar-refractivity contribution in [2.45, 2.75) is 26.3 Å². The molecule has 0 saturated carbocycles. The quantitative estimate of drug-likeness (QED) is 0.858. The van der Waals surface area contributed by atoms with E-state index in [2.05, 4.69) is 12.2 Å². The van der Waals surface area contributed by atoms with E-state index in [1.54, 1.807) is 13.2 Å². The highest BCUT2D eigenvalue weighted by atomic mass is 19.1. The van der Waals surface area contributed by atoms with Crippen LogP contribution in [-0.2, 0) is 0 Å². The number of aryl methyl sites for hydroxylation is 1. The van der Waals surface area contributed by atoms with E-state index < -0.39 is 0 Å². The summed E-state index contributed by atoms with van der Waals surface area (Å²) in [4.78, 5) is 0. The van der Waals surface area contributed by atoms with Crippen LogP contribution < -0.4 is 10.1 Å². The largest absolute Gasteiger partial charge is 0.497 e. The molecule has 0 bridgehead atoms. The first-order valence-corrected chi connectivity index (χ1v) is 7.29. The summed E-state index contributed by atoms with van der Waals surface area (Å²) in [7, 11) is 1.65. The van der Waals surface area contributed by atoms with Crippen molar-refractivity contribution in [3.63, 3.8) is 0 Å². The lowest BCUT2D eigenvalue weighted by atomic mass is 9.94. The third-order valence-corrected chi connectivity index (χ3v) is 3.58. The molecule has 0 saturated heterocycles. The normalized spacial score (nSPS) is 12.2. The number of nitrogens with one attached hydrogen (secondary N) is 1. The molecule has 0 aliphatic heterocycles. The highest BCUT2D eigenvalue weighted by Crippen LogP contribution is 2.28. The van der Waals surface area contributed by atoms with Crippen LogP contribution in [0.15, 0.2) is 42.5 Å². The van der Waals surface area contributed by atoms with Gasteiger partial charge in [-0.15, -0.1) is 0 Å². The van der Waals surface area contributed by atoms with Gasteiger partial charge in [0.2, 0.25) is 0 Å². The summed E-state index contributed by atoms with van der Waals surface area (Å²) < 4.78 is 18.9. The number of hydrogen-bond donors (Lipinski definition) is 1. The van der Waals surface area contributed by atoms with Crippen LogP contribution in [-0.4, -0.2) is 13.7 Å².